The van der Waals surface area contributed by atoms with Crippen LogP contribution in [-0.4, -0.2) is 44.3 Å². The summed E-state index contributed by atoms with van der Waals surface area (Å²) < 4.78 is 5.43. The van der Waals surface area contributed by atoms with Gasteiger partial charge in [-0.25, -0.2) is 0 Å². The molecular weight excluding hydrogens is 374 g/mol. The zero-order valence-corrected chi connectivity index (χ0v) is 18.6. The molecule has 1 heterocycles. The number of hydrogen-bond donors (Lipinski definition) is 2. The van der Waals surface area contributed by atoms with Crippen LogP contribution in [0.5, 0.6) is 0 Å². The van der Waals surface area contributed by atoms with Gasteiger partial charge in [0.1, 0.15) is 0 Å². The summed E-state index contributed by atoms with van der Waals surface area (Å²) in [7, 11) is 0. The first-order valence-electron chi connectivity index (χ1n) is 12.1. The highest BCUT2D eigenvalue weighted by atomic mass is 16.5. The van der Waals surface area contributed by atoms with Gasteiger partial charge in [-0.2, -0.15) is 0 Å². The van der Waals surface area contributed by atoms with Crippen molar-refractivity contribution < 1.29 is 14.8 Å². The molecule has 4 bridgehead atoms. The van der Waals surface area contributed by atoms with Gasteiger partial charge in [0.2, 0.25) is 0 Å². The predicted octanol–water partition coefficient (Wildman–Crippen LogP) is 3.02. The van der Waals surface area contributed by atoms with Gasteiger partial charge in [0.25, 0.3) is 5.91 Å². The van der Waals surface area contributed by atoms with Crippen LogP contribution in [0.2, 0.25) is 0 Å². The molecule has 30 heavy (non-hydrogen) atoms. The van der Waals surface area contributed by atoms with E-state index in [4.69, 9.17) is 4.74 Å². The summed E-state index contributed by atoms with van der Waals surface area (Å²) in [5.74, 6) is 2.99. The molecule has 5 nitrogen and oxygen atoms in total. The molecule has 1 aliphatic heterocycles. The lowest BCUT2D eigenvalue weighted by Crippen LogP contribution is -2.98. The topological polar surface area (TPSA) is 58.2 Å². The van der Waals surface area contributed by atoms with E-state index in [1.54, 1.807) is 0 Å². The van der Waals surface area contributed by atoms with E-state index in [9.17, 15) is 4.79 Å². The Kier molecular flexibility index (Phi) is 5.53. The first kappa shape index (κ1) is 20.3. The summed E-state index contributed by atoms with van der Waals surface area (Å²) >= 11 is 0. The van der Waals surface area contributed by atoms with Crippen LogP contribution in [0.25, 0.3) is 0 Å². The van der Waals surface area contributed by atoms with Crippen molar-refractivity contribution in [2.75, 3.05) is 36.5 Å². The Hall–Kier alpha value is -1.59. The van der Waals surface area contributed by atoms with Crippen LogP contribution in [0.4, 0.5) is 11.4 Å². The van der Waals surface area contributed by atoms with Gasteiger partial charge in [-0.15, -0.1) is 0 Å². The van der Waals surface area contributed by atoms with Crippen molar-refractivity contribution in [2.24, 2.45) is 23.2 Å². The Morgan fingerprint density at radius 3 is 2.17 bits per heavy atom. The number of nitrogens with zero attached hydrogens (tertiary/aromatic N) is 1. The van der Waals surface area contributed by atoms with Gasteiger partial charge < -0.3 is 20.3 Å². The highest BCUT2D eigenvalue weighted by molar-refractivity contribution is 5.93. The fraction of sp³-hybridized carbons (Fsp3) is 0.720. The quantitative estimate of drug-likeness (QED) is 0.755. The minimum absolute atomic E-state index is 0.0630. The fourth-order valence-electron chi connectivity index (χ4n) is 7.29. The highest BCUT2D eigenvalue weighted by Gasteiger charge is 2.54. The number of amides is 1. The third-order valence-electron chi connectivity index (χ3n) is 8.55. The summed E-state index contributed by atoms with van der Waals surface area (Å²) in [6.07, 6.45) is 8.61. The maximum atomic E-state index is 12.9. The molecule has 4 aliphatic carbocycles. The van der Waals surface area contributed by atoms with Crippen LogP contribution in [0.15, 0.2) is 24.3 Å². The number of carbonyl (C=O) groups is 1. The lowest BCUT2D eigenvalue weighted by atomic mass is 9.48. The molecule has 0 spiro atoms. The molecule has 5 fully saturated rings. The SMILES string of the molecule is C[C@H]([NH2+][C@@H](C)C12CC3CC(CC(C3)C1)C2)C(=O)Nc1ccc(N2CCOCC2)cc1. The number of morpholine rings is 1. The first-order valence-corrected chi connectivity index (χ1v) is 12.1. The minimum atomic E-state index is -0.0630. The number of hydrogen-bond acceptors (Lipinski definition) is 3. The number of quaternary nitrogens is 1. The summed E-state index contributed by atoms with van der Waals surface area (Å²) in [4.78, 5) is 15.2. The van der Waals surface area contributed by atoms with Crippen LogP contribution in [0.3, 0.4) is 0 Å². The summed E-state index contributed by atoms with van der Waals surface area (Å²) in [6.45, 7) is 7.88. The normalized spacial score (nSPS) is 34.6. The summed E-state index contributed by atoms with van der Waals surface area (Å²) in [6, 6.07) is 8.72. The van der Waals surface area contributed by atoms with E-state index in [1.165, 1.54) is 44.2 Å². The number of anilines is 2. The Labute approximate surface area is 180 Å². The van der Waals surface area contributed by atoms with Crippen molar-refractivity contribution in [1.29, 1.82) is 0 Å². The van der Waals surface area contributed by atoms with Crippen molar-refractivity contribution in [3.05, 3.63) is 24.3 Å². The van der Waals surface area contributed by atoms with Gasteiger partial charge in [-0.3, -0.25) is 4.79 Å². The Bertz CT molecular complexity index is 721. The average Bonchev–Trinajstić information content (AvgIpc) is 2.74. The standard InChI is InChI=1S/C25H37N3O2/c1-17(26-18(2)25-14-19-11-20(15-25)13-21(12-19)16-25)24(29)27-22-3-5-23(6-4-22)28-7-9-30-10-8-28/h3-6,17-21,26H,7-16H2,1-2H3,(H,27,29)/p+1/t17-,18-,19?,20?,21?,25?/m0/s1. The molecule has 1 saturated heterocycles. The maximum Gasteiger partial charge on any atom is 0.282 e. The van der Waals surface area contributed by atoms with Crippen LogP contribution in [-0.2, 0) is 9.53 Å². The van der Waals surface area contributed by atoms with E-state index in [1.807, 2.05) is 12.1 Å². The number of nitrogens with two attached hydrogens (primary N) is 1. The molecule has 3 N–H and O–H groups in total. The molecule has 2 atom stereocenters. The van der Waals surface area contributed by atoms with Crippen molar-refractivity contribution in [3.8, 4) is 0 Å². The zero-order chi connectivity index (χ0) is 20.7. The van der Waals surface area contributed by atoms with Crippen LogP contribution >= 0.6 is 0 Å². The molecule has 0 aromatic heterocycles. The number of ether oxygens (including phenoxy) is 1. The Morgan fingerprint density at radius 2 is 1.60 bits per heavy atom. The van der Waals surface area contributed by atoms with Crippen LogP contribution in [0, 0.1) is 23.2 Å². The Morgan fingerprint density at radius 1 is 1.03 bits per heavy atom. The fourth-order valence-corrected chi connectivity index (χ4v) is 7.29. The van der Waals surface area contributed by atoms with Crippen molar-refractivity contribution in [3.63, 3.8) is 0 Å². The highest BCUT2D eigenvalue weighted by Crippen LogP contribution is 2.60. The van der Waals surface area contributed by atoms with E-state index in [0.29, 0.717) is 11.5 Å². The summed E-state index contributed by atoms with van der Waals surface area (Å²) in [5.41, 5.74) is 2.56. The lowest BCUT2D eigenvalue weighted by Gasteiger charge is -2.58. The van der Waals surface area contributed by atoms with Crippen LogP contribution in [0.1, 0.15) is 52.4 Å². The second-order valence-corrected chi connectivity index (χ2v) is 10.7. The molecule has 0 radical (unpaired) electrons. The van der Waals surface area contributed by atoms with E-state index >= 15 is 0 Å². The molecule has 0 unspecified atom stereocenters. The number of rotatable bonds is 6. The molecule has 4 saturated carbocycles. The number of carbonyl (C=O) groups excluding carboxylic acids is 1. The van der Waals surface area contributed by atoms with Gasteiger partial charge in [0.15, 0.2) is 6.04 Å². The smallest absolute Gasteiger partial charge is 0.282 e. The minimum Gasteiger partial charge on any atom is -0.378 e. The van der Waals surface area contributed by atoms with Crippen molar-refractivity contribution >= 4 is 17.3 Å². The van der Waals surface area contributed by atoms with E-state index in [2.05, 4.69) is 41.5 Å². The number of nitrogens with one attached hydrogen (secondary N) is 1. The van der Waals surface area contributed by atoms with E-state index in [0.717, 1.165) is 49.7 Å². The van der Waals surface area contributed by atoms with Gasteiger partial charge in [0.05, 0.1) is 19.3 Å². The monoisotopic (exact) mass is 412 g/mol. The second-order valence-electron chi connectivity index (χ2n) is 10.7. The molecule has 6 rings (SSSR count). The maximum absolute atomic E-state index is 12.9. The van der Waals surface area contributed by atoms with Gasteiger partial charge in [-0.1, -0.05) is 0 Å². The zero-order valence-electron chi connectivity index (χ0n) is 18.6. The third-order valence-corrected chi connectivity index (χ3v) is 8.55. The molecule has 1 amide bonds. The molecule has 5 heteroatoms. The van der Waals surface area contributed by atoms with Gasteiger partial charge >= 0.3 is 0 Å². The molecule has 5 aliphatic rings. The first-order chi connectivity index (χ1) is 14.5. The van der Waals surface area contributed by atoms with Crippen LogP contribution < -0.4 is 15.5 Å². The summed E-state index contributed by atoms with van der Waals surface area (Å²) in [5, 5.41) is 5.49. The van der Waals surface area contributed by atoms with Gasteiger partial charge in [0, 0.05) is 29.9 Å². The average molecular weight is 413 g/mol. The lowest BCUT2D eigenvalue weighted by molar-refractivity contribution is -0.718. The van der Waals surface area contributed by atoms with E-state index < -0.39 is 0 Å². The third kappa shape index (κ3) is 3.99. The van der Waals surface area contributed by atoms with Crippen molar-refractivity contribution in [2.45, 2.75) is 64.5 Å². The Balaban J connectivity index is 1.16. The molecule has 164 valence electrons. The van der Waals surface area contributed by atoms with E-state index in [-0.39, 0.29) is 11.9 Å². The van der Waals surface area contributed by atoms with Crippen molar-refractivity contribution in [1.82, 2.24) is 0 Å². The predicted molar refractivity (Wildman–Crippen MR) is 120 cm³/mol. The molecular formula is C25H38N3O2+. The molecule has 1 aromatic rings. The largest absolute Gasteiger partial charge is 0.378 e. The van der Waals surface area contributed by atoms with Gasteiger partial charge in [-0.05, 0) is 94.4 Å². The molecule has 1 aromatic carbocycles. The second kappa shape index (κ2) is 8.16. The number of benzene rings is 1.